The molecule has 2 rings (SSSR count). The first kappa shape index (κ1) is 13.5. The van der Waals surface area contributed by atoms with Crippen molar-refractivity contribution in [3.63, 3.8) is 0 Å². The van der Waals surface area contributed by atoms with Gasteiger partial charge in [0.2, 0.25) is 0 Å². The van der Waals surface area contributed by atoms with Gasteiger partial charge in [0, 0.05) is 33.3 Å². The highest BCUT2D eigenvalue weighted by molar-refractivity contribution is 4.86. The third-order valence-corrected chi connectivity index (χ3v) is 3.42. The maximum absolute atomic E-state index is 5.18. The van der Waals surface area contributed by atoms with Crippen molar-refractivity contribution in [2.24, 2.45) is 7.05 Å². The second-order valence-corrected chi connectivity index (χ2v) is 4.82. The highest BCUT2D eigenvalue weighted by atomic mass is 16.5. The average Bonchev–Trinajstić information content (AvgIpc) is 2.99. The van der Waals surface area contributed by atoms with E-state index in [1.54, 1.807) is 13.4 Å². The minimum atomic E-state index is 0.607. The second-order valence-electron chi connectivity index (χ2n) is 4.82. The zero-order valence-corrected chi connectivity index (χ0v) is 11.3. The Kier molecular flexibility index (Phi) is 5.10. The lowest BCUT2D eigenvalue weighted by molar-refractivity contribution is 0.135. The van der Waals surface area contributed by atoms with Crippen molar-refractivity contribution in [2.75, 3.05) is 33.4 Å². The lowest BCUT2D eigenvalue weighted by Crippen LogP contribution is -2.39. The maximum atomic E-state index is 5.18. The fraction of sp³-hybridized carbons (Fsp3) is 0.833. The summed E-state index contributed by atoms with van der Waals surface area (Å²) in [5, 5.41) is 7.65. The van der Waals surface area contributed by atoms with Gasteiger partial charge < -0.3 is 10.1 Å². The zero-order valence-electron chi connectivity index (χ0n) is 11.3. The molecule has 1 aliphatic heterocycles. The Hall–Kier alpha value is -0.980. The van der Waals surface area contributed by atoms with E-state index in [9.17, 15) is 0 Å². The molecule has 1 unspecified atom stereocenters. The van der Waals surface area contributed by atoms with Crippen LogP contribution in [0.15, 0.2) is 6.33 Å². The molecule has 6 nitrogen and oxygen atoms in total. The summed E-state index contributed by atoms with van der Waals surface area (Å²) >= 11 is 0. The largest absolute Gasteiger partial charge is 0.383 e. The summed E-state index contributed by atoms with van der Waals surface area (Å²) in [5.41, 5.74) is 0. The summed E-state index contributed by atoms with van der Waals surface area (Å²) in [5.74, 6) is 1.00. The lowest BCUT2D eigenvalue weighted by Gasteiger charge is -2.24. The third kappa shape index (κ3) is 3.76. The molecule has 0 aromatic carbocycles. The summed E-state index contributed by atoms with van der Waals surface area (Å²) < 4.78 is 7.02. The van der Waals surface area contributed by atoms with Gasteiger partial charge in [-0.2, -0.15) is 5.10 Å². The maximum Gasteiger partial charge on any atom is 0.140 e. The van der Waals surface area contributed by atoms with Crippen LogP contribution in [0.25, 0.3) is 0 Å². The smallest absolute Gasteiger partial charge is 0.140 e. The summed E-state index contributed by atoms with van der Waals surface area (Å²) in [6.45, 7) is 4.72. The number of hydrogen-bond donors (Lipinski definition) is 1. The Labute approximate surface area is 108 Å². The van der Waals surface area contributed by atoms with Crippen molar-refractivity contribution in [3.8, 4) is 0 Å². The van der Waals surface area contributed by atoms with Crippen molar-refractivity contribution in [1.82, 2.24) is 25.0 Å². The van der Waals surface area contributed by atoms with Crippen LogP contribution >= 0.6 is 0 Å². The van der Waals surface area contributed by atoms with Gasteiger partial charge in [-0.05, 0) is 19.4 Å². The van der Waals surface area contributed by atoms with E-state index in [-0.39, 0.29) is 0 Å². The molecule has 1 fully saturated rings. The summed E-state index contributed by atoms with van der Waals surface area (Å²) in [6, 6.07) is 0.607. The van der Waals surface area contributed by atoms with Crippen LogP contribution in [-0.2, 0) is 18.3 Å². The molecule has 1 N–H and O–H groups in total. The molecular weight excluding hydrogens is 230 g/mol. The predicted octanol–water partition coefficient (Wildman–Crippen LogP) is 0.0155. The number of rotatable bonds is 7. The van der Waals surface area contributed by atoms with Crippen LogP contribution in [-0.4, -0.2) is 59.1 Å². The van der Waals surface area contributed by atoms with Gasteiger partial charge in [0.1, 0.15) is 12.2 Å². The van der Waals surface area contributed by atoms with Crippen molar-refractivity contribution in [2.45, 2.75) is 25.4 Å². The van der Waals surface area contributed by atoms with Crippen LogP contribution in [0.1, 0.15) is 18.7 Å². The standard InChI is InChI=1S/C12H23N5O/c1-16-12(14-10-15-16)9-17(6-7-18-2)8-11-4-3-5-13-11/h10-11,13H,3-9H2,1-2H3. The van der Waals surface area contributed by atoms with E-state index in [0.29, 0.717) is 6.04 Å². The van der Waals surface area contributed by atoms with Crippen molar-refractivity contribution < 1.29 is 4.74 Å². The van der Waals surface area contributed by atoms with Crippen LogP contribution in [0.2, 0.25) is 0 Å². The molecule has 1 aromatic heterocycles. The monoisotopic (exact) mass is 253 g/mol. The minimum Gasteiger partial charge on any atom is -0.383 e. The molecule has 1 saturated heterocycles. The second kappa shape index (κ2) is 6.82. The van der Waals surface area contributed by atoms with Crippen LogP contribution in [0.4, 0.5) is 0 Å². The molecule has 0 spiro atoms. The highest BCUT2D eigenvalue weighted by Crippen LogP contribution is 2.09. The lowest BCUT2D eigenvalue weighted by atomic mass is 10.2. The predicted molar refractivity (Wildman–Crippen MR) is 69.2 cm³/mol. The molecule has 1 aromatic rings. The Morgan fingerprint density at radius 3 is 3.11 bits per heavy atom. The number of aromatic nitrogens is 3. The van der Waals surface area contributed by atoms with Crippen LogP contribution in [0.3, 0.4) is 0 Å². The van der Waals surface area contributed by atoms with Gasteiger partial charge in [-0.25, -0.2) is 4.98 Å². The number of nitrogens with one attached hydrogen (secondary N) is 1. The molecule has 0 saturated carbocycles. The number of hydrogen-bond acceptors (Lipinski definition) is 5. The van der Waals surface area contributed by atoms with Gasteiger partial charge in [0.25, 0.3) is 0 Å². The molecule has 1 aliphatic rings. The summed E-state index contributed by atoms with van der Waals surface area (Å²) in [4.78, 5) is 6.67. The Morgan fingerprint density at radius 2 is 2.50 bits per heavy atom. The normalized spacial score (nSPS) is 19.8. The molecule has 1 atom stereocenters. The molecule has 2 heterocycles. The molecule has 6 heteroatoms. The van der Waals surface area contributed by atoms with Crippen molar-refractivity contribution >= 4 is 0 Å². The fourth-order valence-electron chi connectivity index (χ4n) is 2.34. The average molecular weight is 253 g/mol. The molecule has 0 radical (unpaired) electrons. The quantitative estimate of drug-likeness (QED) is 0.742. The number of methoxy groups -OCH3 is 1. The first-order valence-corrected chi connectivity index (χ1v) is 6.57. The Balaban J connectivity index is 1.89. The molecular formula is C12H23N5O. The minimum absolute atomic E-state index is 0.607. The van der Waals surface area contributed by atoms with Crippen molar-refractivity contribution in [1.29, 1.82) is 0 Å². The van der Waals surface area contributed by atoms with E-state index < -0.39 is 0 Å². The van der Waals surface area contributed by atoms with Crippen LogP contribution in [0.5, 0.6) is 0 Å². The van der Waals surface area contributed by atoms with Crippen LogP contribution < -0.4 is 5.32 Å². The number of nitrogens with zero attached hydrogens (tertiary/aromatic N) is 4. The number of ether oxygens (including phenoxy) is 1. The van der Waals surface area contributed by atoms with E-state index in [2.05, 4.69) is 20.3 Å². The first-order chi connectivity index (χ1) is 8.79. The number of aryl methyl sites for hydroxylation is 1. The SMILES string of the molecule is COCCN(Cc1ncnn1C)CC1CCCN1. The van der Waals surface area contributed by atoms with E-state index >= 15 is 0 Å². The molecule has 0 bridgehead atoms. The van der Waals surface area contributed by atoms with E-state index in [1.807, 2.05) is 11.7 Å². The Bertz CT molecular complexity index is 348. The van der Waals surface area contributed by atoms with Gasteiger partial charge in [-0.15, -0.1) is 0 Å². The van der Waals surface area contributed by atoms with E-state index in [1.165, 1.54) is 12.8 Å². The van der Waals surface area contributed by atoms with Gasteiger partial charge in [-0.1, -0.05) is 0 Å². The zero-order chi connectivity index (χ0) is 12.8. The first-order valence-electron chi connectivity index (χ1n) is 6.57. The van der Waals surface area contributed by atoms with E-state index in [4.69, 9.17) is 4.74 Å². The molecule has 0 amide bonds. The molecule has 18 heavy (non-hydrogen) atoms. The van der Waals surface area contributed by atoms with Gasteiger partial charge in [-0.3, -0.25) is 9.58 Å². The molecule has 0 aliphatic carbocycles. The highest BCUT2D eigenvalue weighted by Gasteiger charge is 2.18. The third-order valence-electron chi connectivity index (χ3n) is 3.42. The van der Waals surface area contributed by atoms with Gasteiger partial charge >= 0.3 is 0 Å². The van der Waals surface area contributed by atoms with Gasteiger partial charge in [0.05, 0.1) is 13.2 Å². The Morgan fingerprint density at radius 1 is 1.61 bits per heavy atom. The fourth-order valence-corrected chi connectivity index (χ4v) is 2.34. The topological polar surface area (TPSA) is 55.2 Å². The van der Waals surface area contributed by atoms with Crippen molar-refractivity contribution in [3.05, 3.63) is 12.2 Å². The summed E-state index contributed by atoms with van der Waals surface area (Å²) in [7, 11) is 3.68. The summed E-state index contributed by atoms with van der Waals surface area (Å²) in [6.07, 6.45) is 4.16. The van der Waals surface area contributed by atoms with Gasteiger partial charge in [0.15, 0.2) is 0 Å². The molecule has 102 valence electrons. The van der Waals surface area contributed by atoms with Crippen LogP contribution in [0, 0.1) is 0 Å². The van der Waals surface area contributed by atoms with E-state index in [0.717, 1.165) is 38.6 Å².